The van der Waals surface area contributed by atoms with Gasteiger partial charge in [0.15, 0.2) is 0 Å². The maximum absolute atomic E-state index is 12.5. The Labute approximate surface area is 162 Å². The van der Waals surface area contributed by atoms with Crippen LogP contribution in [-0.4, -0.2) is 29.3 Å². The van der Waals surface area contributed by atoms with E-state index >= 15 is 0 Å². The number of esters is 1. The first kappa shape index (κ1) is 20.3. The van der Waals surface area contributed by atoms with Crippen molar-refractivity contribution >= 4 is 51.4 Å². The molecule has 142 valence electrons. The number of nitro groups is 1. The molecule has 3 N–H and O–H groups in total. The molecule has 2 amide bonds. The van der Waals surface area contributed by atoms with Gasteiger partial charge >= 0.3 is 5.97 Å². The lowest BCUT2D eigenvalue weighted by molar-refractivity contribution is -0.385. The monoisotopic (exact) mass is 411 g/mol. The van der Waals surface area contributed by atoms with Gasteiger partial charge in [-0.2, -0.15) is 0 Å². The highest BCUT2D eigenvalue weighted by Gasteiger charge is 2.27. The Morgan fingerprint density at radius 3 is 2.59 bits per heavy atom. The lowest BCUT2D eigenvalue weighted by atomic mass is 10.1. The van der Waals surface area contributed by atoms with Gasteiger partial charge in [-0.3, -0.25) is 19.7 Å². The summed E-state index contributed by atoms with van der Waals surface area (Å²) in [6.07, 6.45) is 0. The Kier molecular flexibility index (Phi) is 6.13. The first-order chi connectivity index (χ1) is 12.7. The summed E-state index contributed by atoms with van der Waals surface area (Å²) in [5.41, 5.74) is 4.78. The molecule has 27 heavy (non-hydrogen) atoms. The van der Waals surface area contributed by atoms with Crippen molar-refractivity contribution in [1.29, 1.82) is 0 Å². The summed E-state index contributed by atoms with van der Waals surface area (Å²) < 4.78 is 4.91. The molecule has 2 aromatic rings. The number of nitro benzene ring substituents is 1. The average molecular weight is 412 g/mol. The normalized spacial score (nSPS) is 10.3. The standard InChI is InChI=1S/C16H14ClN3O6S/c1-3-26-16(23)12-7(2)11(13(18)21)15(27-12)19-14(22)9-6-8(17)4-5-10(9)20(24)25/h4-6H,3H2,1-2H3,(H2,18,21)(H,19,22). The molecular weight excluding hydrogens is 398 g/mol. The number of anilines is 1. The van der Waals surface area contributed by atoms with Gasteiger partial charge in [-0.25, -0.2) is 4.79 Å². The minimum absolute atomic E-state index is 0.0117. The minimum atomic E-state index is -0.872. The third kappa shape index (κ3) is 4.23. The van der Waals surface area contributed by atoms with Crippen LogP contribution in [0.4, 0.5) is 10.7 Å². The highest BCUT2D eigenvalue weighted by Crippen LogP contribution is 2.34. The number of nitrogens with one attached hydrogen (secondary N) is 1. The summed E-state index contributed by atoms with van der Waals surface area (Å²) in [7, 11) is 0. The van der Waals surface area contributed by atoms with Gasteiger partial charge in [-0.15, -0.1) is 11.3 Å². The Hall–Kier alpha value is -2.98. The van der Waals surface area contributed by atoms with Gasteiger partial charge in [0.25, 0.3) is 17.5 Å². The van der Waals surface area contributed by atoms with E-state index in [0.717, 1.165) is 23.5 Å². The van der Waals surface area contributed by atoms with Crippen LogP contribution in [0.1, 0.15) is 42.9 Å². The van der Waals surface area contributed by atoms with Crippen molar-refractivity contribution in [2.24, 2.45) is 5.73 Å². The van der Waals surface area contributed by atoms with Crippen molar-refractivity contribution < 1.29 is 24.0 Å². The number of nitrogens with two attached hydrogens (primary N) is 1. The van der Waals surface area contributed by atoms with Crippen molar-refractivity contribution in [3.63, 3.8) is 0 Å². The number of halogens is 1. The maximum atomic E-state index is 12.5. The van der Waals surface area contributed by atoms with Crippen LogP contribution in [0.2, 0.25) is 5.02 Å². The van der Waals surface area contributed by atoms with E-state index in [0.29, 0.717) is 0 Å². The molecule has 0 aliphatic heterocycles. The van der Waals surface area contributed by atoms with Crippen LogP contribution in [0.15, 0.2) is 18.2 Å². The molecule has 0 atom stereocenters. The van der Waals surface area contributed by atoms with E-state index in [1.54, 1.807) is 6.92 Å². The average Bonchev–Trinajstić information content (AvgIpc) is 2.91. The zero-order chi connectivity index (χ0) is 20.3. The zero-order valence-electron chi connectivity index (χ0n) is 14.2. The number of ether oxygens (including phenoxy) is 1. The van der Waals surface area contributed by atoms with Gasteiger partial charge in [-0.05, 0) is 31.5 Å². The SMILES string of the molecule is CCOC(=O)c1sc(NC(=O)c2cc(Cl)ccc2[N+](=O)[O-])c(C(N)=O)c1C. The Morgan fingerprint density at radius 2 is 2.04 bits per heavy atom. The largest absolute Gasteiger partial charge is 0.462 e. The van der Waals surface area contributed by atoms with Crippen LogP contribution in [-0.2, 0) is 4.74 Å². The van der Waals surface area contributed by atoms with Crippen molar-refractivity contribution in [3.05, 3.63) is 54.9 Å². The molecule has 0 unspecified atom stereocenters. The number of rotatable bonds is 6. The van der Waals surface area contributed by atoms with Gasteiger partial charge in [0.1, 0.15) is 15.4 Å². The number of carbonyl (C=O) groups is 3. The van der Waals surface area contributed by atoms with Crippen molar-refractivity contribution in [2.45, 2.75) is 13.8 Å². The zero-order valence-corrected chi connectivity index (χ0v) is 15.8. The molecule has 2 rings (SSSR count). The van der Waals surface area contributed by atoms with Gasteiger partial charge in [0, 0.05) is 11.1 Å². The molecule has 0 aliphatic carbocycles. The quantitative estimate of drug-likeness (QED) is 0.424. The number of primary amides is 1. The van der Waals surface area contributed by atoms with Crippen molar-refractivity contribution in [3.8, 4) is 0 Å². The van der Waals surface area contributed by atoms with E-state index in [9.17, 15) is 24.5 Å². The summed E-state index contributed by atoms with van der Waals surface area (Å²) >= 11 is 6.61. The van der Waals surface area contributed by atoms with Gasteiger partial charge in [0.2, 0.25) is 0 Å². The second-order valence-corrected chi connectivity index (χ2v) is 6.67. The number of amides is 2. The molecule has 1 aromatic carbocycles. The third-order valence-corrected chi connectivity index (χ3v) is 4.90. The Morgan fingerprint density at radius 1 is 1.37 bits per heavy atom. The predicted molar refractivity (Wildman–Crippen MR) is 99.6 cm³/mol. The molecule has 9 nitrogen and oxygen atoms in total. The van der Waals surface area contributed by atoms with Gasteiger partial charge < -0.3 is 15.8 Å². The number of thiophene rings is 1. The number of nitrogens with zero attached hydrogens (tertiary/aromatic N) is 1. The van der Waals surface area contributed by atoms with E-state index in [2.05, 4.69) is 5.32 Å². The molecule has 1 aromatic heterocycles. The smallest absolute Gasteiger partial charge is 0.348 e. The maximum Gasteiger partial charge on any atom is 0.348 e. The third-order valence-electron chi connectivity index (χ3n) is 3.48. The van der Waals surface area contributed by atoms with Crippen LogP contribution < -0.4 is 11.1 Å². The molecule has 0 saturated heterocycles. The second kappa shape index (κ2) is 8.14. The molecular formula is C16H14ClN3O6S. The fourth-order valence-corrected chi connectivity index (χ4v) is 3.58. The first-order valence-corrected chi connectivity index (χ1v) is 8.72. The highest BCUT2D eigenvalue weighted by atomic mass is 35.5. The summed E-state index contributed by atoms with van der Waals surface area (Å²) in [5, 5.41) is 13.6. The summed E-state index contributed by atoms with van der Waals surface area (Å²) in [4.78, 5) is 46.8. The lowest BCUT2D eigenvalue weighted by Crippen LogP contribution is -2.18. The second-order valence-electron chi connectivity index (χ2n) is 5.22. The number of carbonyl (C=O) groups excluding carboxylic acids is 3. The highest BCUT2D eigenvalue weighted by molar-refractivity contribution is 7.18. The topological polar surface area (TPSA) is 142 Å². The number of benzene rings is 1. The molecule has 0 spiro atoms. The summed E-state index contributed by atoms with van der Waals surface area (Å²) in [6, 6.07) is 3.50. The molecule has 1 heterocycles. The van der Waals surface area contributed by atoms with Crippen LogP contribution in [0.5, 0.6) is 0 Å². The fourth-order valence-electron chi connectivity index (χ4n) is 2.31. The van der Waals surface area contributed by atoms with Crippen LogP contribution in [0, 0.1) is 17.0 Å². The predicted octanol–water partition coefficient (Wildman–Crippen LogP) is 3.15. The van der Waals surface area contributed by atoms with Gasteiger partial charge in [0.05, 0.1) is 17.1 Å². The summed E-state index contributed by atoms with van der Waals surface area (Å²) in [5.74, 6) is -2.41. The molecule has 0 radical (unpaired) electrons. The summed E-state index contributed by atoms with van der Waals surface area (Å²) in [6.45, 7) is 3.23. The molecule has 0 fully saturated rings. The molecule has 0 saturated carbocycles. The van der Waals surface area contributed by atoms with E-state index in [1.165, 1.54) is 13.0 Å². The lowest BCUT2D eigenvalue weighted by Gasteiger charge is -2.06. The van der Waals surface area contributed by atoms with E-state index in [1.807, 2.05) is 0 Å². The molecule has 11 heteroatoms. The van der Waals surface area contributed by atoms with Crippen molar-refractivity contribution in [2.75, 3.05) is 11.9 Å². The van der Waals surface area contributed by atoms with E-state index < -0.39 is 28.4 Å². The van der Waals surface area contributed by atoms with Crippen LogP contribution >= 0.6 is 22.9 Å². The number of hydrogen-bond acceptors (Lipinski definition) is 7. The van der Waals surface area contributed by atoms with Crippen LogP contribution in [0.3, 0.4) is 0 Å². The Bertz CT molecular complexity index is 956. The van der Waals surface area contributed by atoms with Gasteiger partial charge in [-0.1, -0.05) is 11.6 Å². The molecule has 0 aliphatic rings. The first-order valence-electron chi connectivity index (χ1n) is 7.52. The fraction of sp³-hybridized carbons (Fsp3) is 0.188. The van der Waals surface area contributed by atoms with Crippen LogP contribution in [0.25, 0.3) is 0 Å². The van der Waals surface area contributed by atoms with Crippen molar-refractivity contribution in [1.82, 2.24) is 0 Å². The molecule has 0 bridgehead atoms. The number of hydrogen-bond donors (Lipinski definition) is 2. The van der Waals surface area contributed by atoms with E-state index in [4.69, 9.17) is 22.1 Å². The Balaban J connectivity index is 2.48. The minimum Gasteiger partial charge on any atom is -0.462 e. The van der Waals surface area contributed by atoms with E-state index in [-0.39, 0.29) is 38.2 Å².